The fourth-order valence-electron chi connectivity index (χ4n) is 2.68. The van der Waals surface area contributed by atoms with Gasteiger partial charge in [0.05, 0.1) is 11.6 Å². The zero-order valence-corrected chi connectivity index (χ0v) is 14.9. The SMILES string of the molecule is CC(NC(=O)C=Cc1cnc2ccccc2c1)c1cccc(OC(F)(F)F)c1. The number of amides is 1. The third-order valence-electron chi connectivity index (χ3n) is 3.99. The topological polar surface area (TPSA) is 51.2 Å². The van der Waals surface area contributed by atoms with Crippen molar-refractivity contribution in [1.82, 2.24) is 10.3 Å². The Kier molecular flexibility index (Phi) is 5.63. The Bertz CT molecular complexity index is 1020. The molecule has 1 atom stereocenters. The Labute approximate surface area is 159 Å². The van der Waals surface area contributed by atoms with Crippen LogP contribution in [0.25, 0.3) is 17.0 Å². The quantitative estimate of drug-likeness (QED) is 0.626. The molecule has 0 radical (unpaired) electrons. The van der Waals surface area contributed by atoms with Crippen molar-refractivity contribution >= 4 is 22.9 Å². The molecule has 0 aliphatic rings. The molecule has 1 N–H and O–H groups in total. The number of benzene rings is 2. The maximum atomic E-state index is 12.3. The van der Waals surface area contributed by atoms with E-state index in [-0.39, 0.29) is 11.7 Å². The van der Waals surface area contributed by atoms with Gasteiger partial charge in [-0.05, 0) is 48.4 Å². The number of ether oxygens (including phenoxy) is 1. The van der Waals surface area contributed by atoms with Gasteiger partial charge in [-0.1, -0.05) is 30.3 Å². The number of nitrogens with zero attached hydrogens (tertiary/aromatic N) is 1. The summed E-state index contributed by atoms with van der Waals surface area (Å²) in [5, 5.41) is 3.67. The van der Waals surface area contributed by atoms with E-state index < -0.39 is 12.4 Å². The van der Waals surface area contributed by atoms with Crippen LogP contribution in [0.5, 0.6) is 5.75 Å². The largest absolute Gasteiger partial charge is 0.573 e. The van der Waals surface area contributed by atoms with E-state index in [1.165, 1.54) is 24.3 Å². The molecular formula is C21H17F3N2O2. The van der Waals surface area contributed by atoms with Crippen LogP contribution in [0.15, 0.2) is 66.9 Å². The monoisotopic (exact) mass is 386 g/mol. The van der Waals surface area contributed by atoms with Crippen LogP contribution in [0.3, 0.4) is 0 Å². The first-order valence-electron chi connectivity index (χ1n) is 8.49. The summed E-state index contributed by atoms with van der Waals surface area (Å²) in [6.07, 6.45) is -0.113. The molecule has 0 saturated carbocycles. The molecular weight excluding hydrogens is 369 g/mol. The van der Waals surface area contributed by atoms with Crippen molar-refractivity contribution in [2.24, 2.45) is 0 Å². The summed E-state index contributed by atoms with van der Waals surface area (Å²) in [4.78, 5) is 16.5. The van der Waals surface area contributed by atoms with Crippen LogP contribution in [-0.2, 0) is 4.79 Å². The molecule has 2 aromatic carbocycles. The first-order valence-corrected chi connectivity index (χ1v) is 8.49. The molecule has 1 unspecified atom stereocenters. The Morgan fingerprint density at radius 2 is 1.93 bits per heavy atom. The van der Waals surface area contributed by atoms with Gasteiger partial charge in [0, 0.05) is 17.7 Å². The van der Waals surface area contributed by atoms with Crippen LogP contribution in [0.2, 0.25) is 0 Å². The molecule has 0 aliphatic carbocycles. The Balaban J connectivity index is 1.65. The van der Waals surface area contributed by atoms with E-state index in [9.17, 15) is 18.0 Å². The van der Waals surface area contributed by atoms with Gasteiger partial charge < -0.3 is 10.1 Å². The highest BCUT2D eigenvalue weighted by atomic mass is 19.4. The Morgan fingerprint density at radius 3 is 2.71 bits per heavy atom. The van der Waals surface area contributed by atoms with Gasteiger partial charge in [0.2, 0.25) is 5.91 Å². The number of alkyl halides is 3. The highest BCUT2D eigenvalue weighted by Crippen LogP contribution is 2.25. The molecule has 0 fully saturated rings. The highest BCUT2D eigenvalue weighted by Gasteiger charge is 2.31. The van der Waals surface area contributed by atoms with E-state index in [2.05, 4.69) is 15.0 Å². The predicted octanol–water partition coefficient (Wildman–Crippen LogP) is 5.02. The second-order valence-corrected chi connectivity index (χ2v) is 6.15. The minimum atomic E-state index is -4.76. The average molecular weight is 386 g/mol. The van der Waals surface area contributed by atoms with E-state index in [0.29, 0.717) is 5.56 Å². The van der Waals surface area contributed by atoms with Crippen LogP contribution >= 0.6 is 0 Å². The van der Waals surface area contributed by atoms with Crippen LogP contribution in [0.1, 0.15) is 24.1 Å². The maximum Gasteiger partial charge on any atom is 0.573 e. The summed E-state index contributed by atoms with van der Waals surface area (Å²) < 4.78 is 40.9. The van der Waals surface area contributed by atoms with Gasteiger partial charge in [-0.2, -0.15) is 0 Å². The molecule has 0 bridgehead atoms. The molecule has 3 aromatic rings. The standard InChI is InChI=1S/C21H17F3N2O2/c1-14(16-6-4-7-18(12-16)28-21(22,23)24)26-20(27)10-9-15-11-17-5-2-3-8-19(17)25-13-15/h2-14H,1H3,(H,26,27). The van der Waals surface area contributed by atoms with Crippen molar-refractivity contribution in [3.63, 3.8) is 0 Å². The zero-order chi connectivity index (χ0) is 20.1. The van der Waals surface area contributed by atoms with Crippen LogP contribution in [0.4, 0.5) is 13.2 Å². The fourth-order valence-corrected chi connectivity index (χ4v) is 2.68. The minimum Gasteiger partial charge on any atom is -0.406 e. The number of pyridine rings is 1. The zero-order valence-electron chi connectivity index (χ0n) is 14.9. The first kappa shape index (κ1) is 19.4. The van der Waals surface area contributed by atoms with Crippen LogP contribution in [0, 0.1) is 0 Å². The number of rotatable bonds is 5. The molecule has 7 heteroatoms. The van der Waals surface area contributed by atoms with E-state index in [1.807, 2.05) is 30.3 Å². The third kappa shape index (κ3) is 5.33. The molecule has 4 nitrogen and oxygen atoms in total. The van der Waals surface area contributed by atoms with Crippen molar-refractivity contribution in [2.75, 3.05) is 0 Å². The van der Waals surface area contributed by atoms with Crippen molar-refractivity contribution in [3.05, 3.63) is 78.0 Å². The number of fused-ring (bicyclic) bond motifs is 1. The van der Waals surface area contributed by atoms with Gasteiger partial charge in [0.25, 0.3) is 0 Å². The number of halogens is 3. The second-order valence-electron chi connectivity index (χ2n) is 6.15. The lowest BCUT2D eigenvalue weighted by molar-refractivity contribution is -0.274. The van der Waals surface area contributed by atoms with Gasteiger partial charge >= 0.3 is 6.36 Å². The van der Waals surface area contributed by atoms with E-state index in [0.717, 1.165) is 16.5 Å². The van der Waals surface area contributed by atoms with Crippen molar-refractivity contribution in [1.29, 1.82) is 0 Å². The molecule has 3 rings (SSSR count). The van der Waals surface area contributed by atoms with Crippen molar-refractivity contribution in [3.8, 4) is 5.75 Å². The van der Waals surface area contributed by atoms with Gasteiger partial charge in [-0.25, -0.2) is 0 Å². The number of para-hydroxylation sites is 1. The lowest BCUT2D eigenvalue weighted by Gasteiger charge is -2.15. The van der Waals surface area contributed by atoms with Gasteiger partial charge in [0.1, 0.15) is 5.75 Å². The Morgan fingerprint density at radius 1 is 1.14 bits per heavy atom. The predicted molar refractivity (Wildman–Crippen MR) is 100 cm³/mol. The second kappa shape index (κ2) is 8.12. The molecule has 0 saturated heterocycles. The fraction of sp³-hybridized carbons (Fsp3) is 0.143. The van der Waals surface area contributed by atoms with Gasteiger partial charge in [-0.3, -0.25) is 9.78 Å². The van der Waals surface area contributed by atoms with E-state index in [4.69, 9.17) is 0 Å². The summed E-state index contributed by atoms with van der Waals surface area (Å²) in [7, 11) is 0. The Hall–Kier alpha value is -3.35. The number of carbonyl (C=O) groups excluding carboxylic acids is 1. The molecule has 144 valence electrons. The number of nitrogens with one attached hydrogen (secondary N) is 1. The molecule has 1 aromatic heterocycles. The van der Waals surface area contributed by atoms with Gasteiger partial charge in [0.15, 0.2) is 0 Å². The molecule has 1 heterocycles. The summed E-state index contributed by atoms with van der Waals surface area (Å²) in [5.74, 6) is -0.702. The molecule has 28 heavy (non-hydrogen) atoms. The lowest BCUT2D eigenvalue weighted by atomic mass is 10.1. The number of aromatic nitrogens is 1. The molecule has 0 spiro atoms. The third-order valence-corrected chi connectivity index (χ3v) is 3.99. The summed E-state index contributed by atoms with van der Waals surface area (Å²) in [5.41, 5.74) is 2.12. The van der Waals surface area contributed by atoms with Crippen LogP contribution < -0.4 is 10.1 Å². The minimum absolute atomic E-state index is 0.330. The van der Waals surface area contributed by atoms with E-state index in [1.54, 1.807) is 25.3 Å². The normalized spacial score (nSPS) is 12.9. The number of carbonyl (C=O) groups is 1. The lowest BCUT2D eigenvalue weighted by Crippen LogP contribution is -2.24. The molecule has 0 aliphatic heterocycles. The first-order chi connectivity index (χ1) is 13.3. The summed E-state index contributed by atoms with van der Waals surface area (Å²) in [6.45, 7) is 1.68. The van der Waals surface area contributed by atoms with Gasteiger partial charge in [-0.15, -0.1) is 13.2 Å². The summed E-state index contributed by atoms with van der Waals surface area (Å²) in [6, 6.07) is 14.5. The number of hydrogen-bond acceptors (Lipinski definition) is 3. The smallest absolute Gasteiger partial charge is 0.406 e. The van der Waals surface area contributed by atoms with Crippen molar-refractivity contribution < 1.29 is 22.7 Å². The van der Waals surface area contributed by atoms with E-state index >= 15 is 0 Å². The average Bonchev–Trinajstić information content (AvgIpc) is 2.65. The maximum absolute atomic E-state index is 12.3. The number of hydrogen-bond donors (Lipinski definition) is 1. The van der Waals surface area contributed by atoms with Crippen molar-refractivity contribution in [2.45, 2.75) is 19.3 Å². The highest BCUT2D eigenvalue weighted by molar-refractivity contribution is 5.92. The summed E-state index contributed by atoms with van der Waals surface area (Å²) >= 11 is 0. The molecule has 1 amide bonds. The van der Waals surface area contributed by atoms with Crippen LogP contribution in [-0.4, -0.2) is 17.3 Å².